The molecular weight excluding hydrogens is 470 g/mol. The monoisotopic (exact) mass is 490 g/mol. The molecule has 0 saturated carbocycles. The molecule has 1 aromatic carbocycles. The van der Waals surface area contributed by atoms with E-state index in [4.69, 9.17) is 15.6 Å². The van der Waals surface area contributed by atoms with Crippen LogP contribution in [-0.4, -0.2) is 56.2 Å². The normalized spacial score (nSPS) is 18.5. The van der Waals surface area contributed by atoms with Crippen LogP contribution in [0.4, 0.5) is 32.2 Å². The Balaban J connectivity index is 0.000000406. The number of hydrogen-bond acceptors (Lipinski definition) is 6. The molecular formula is C20H20F6N6O2. The molecule has 1 saturated heterocycles. The molecule has 1 aliphatic rings. The van der Waals surface area contributed by atoms with Gasteiger partial charge in [-0.2, -0.15) is 17.7 Å². The van der Waals surface area contributed by atoms with E-state index in [9.17, 15) is 26.3 Å². The number of aliphatic carboxylic acids is 1. The van der Waals surface area contributed by atoms with Gasteiger partial charge >= 0.3 is 12.1 Å². The number of anilines is 1. The molecule has 8 nitrogen and oxygen atoms in total. The second kappa shape index (κ2) is 9.83. The van der Waals surface area contributed by atoms with Crippen LogP contribution in [0.25, 0.3) is 5.65 Å². The summed E-state index contributed by atoms with van der Waals surface area (Å²) in [5, 5.41) is 19.9. The van der Waals surface area contributed by atoms with Crippen molar-refractivity contribution < 1.29 is 36.2 Å². The molecule has 0 bridgehead atoms. The SMILES string of the molecule is CCc1nnc2ccc(N3CC[C@H](c4cc(F)c(F)cc4F)[C@@H](N)C3)nn12.O=C(O)C(F)(F)F. The second-order valence-corrected chi connectivity index (χ2v) is 7.53. The molecule has 0 aliphatic carbocycles. The topological polar surface area (TPSA) is 110 Å². The number of aryl methyl sites for hydroxylation is 1. The lowest BCUT2D eigenvalue weighted by Crippen LogP contribution is -2.48. The molecule has 4 rings (SSSR count). The molecule has 184 valence electrons. The average molecular weight is 490 g/mol. The number of fused-ring (bicyclic) bond motifs is 1. The van der Waals surface area contributed by atoms with Gasteiger partial charge in [-0.1, -0.05) is 6.92 Å². The largest absolute Gasteiger partial charge is 0.490 e. The number of carboxylic acid groups (broad SMARTS) is 1. The molecule has 14 heteroatoms. The summed E-state index contributed by atoms with van der Waals surface area (Å²) in [4.78, 5) is 10.9. The van der Waals surface area contributed by atoms with E-state index in [1.54, 1.807) is 4.52 Å². The number of nitrogens with two attached hydrogens (primary N) is 1. The Kier molecular flexibility index (Phi) is 7.29. The van der Waals surface area contributed by atoms with E-state index < -0.39 is 35.6 Å². The van der Waals surface area contributed by atoms with Gasteiger partial charge in [0.25, 0.3) is 0 Å². The summed E-state index contributed by atoms with van der Waals surface area (Å²) in [6.45, 7) is 2.96. The molecule has 2 aromatic heterocycles. The number of rotatable bonds is 3. The van der Waals surface area contributed by atoms with Gasteiger partial charge < -0.3 is 15.7 Å². The second-order valence-electron chi connectivity index (χ2n) is 7.53. The maximum Gasteiger partial charge on any atom is 0.490 e. The summed E-state index contributed by atoms with van der Waals surface area (Å²) in [5.41, 5.74) is 7.05. The van der Waals surface area contributed by atoms with Gasteiger partial charge in [-0.25, -0.2) is 18.0 Å². The van der Waals surface area contributed by atoms with E-state index in [1.807, 2.05) is 24.0 Å². The van der Waals surface area contributed by atoms with Crippen molar-refractivity contribution in [3.63, 3.8) is 0 Å². The Morgan fingerprint density at radius 3 is 2.38 bits per heavy atom. The summed E-state index contributed by atoms with van der Waals surface area (Å²) in [6, 6.07) is 4.73. The average Bonchev–Trinajstić information content (AvgIpc) is 3.18. The van der Waals surface area contributed by atoms with Crippen molar-refractivity contribution in [2.45, 2.75) is 37.9 Å². The number of aromatic nitrogens is 4. The van der Waals surface area contributed by atoms with E-state index in [2.05, 4.69) is 15.3 Å². The van der Waals surface area contributed by atoms with E-state index >= 15 is 0 Å². The van der Waals surface area contributed by atoms with Gasteiger partial charge in [-0.05, 0) is 30.2 Å². The minimum Gasteiger partial charge on any atom is -0.475 e. The number of hydrogen-bond donors (Lipinski definition) is 2. The first-order valence-corrected chi connectivity index (χ1v) is 10.1. The quantitative estimate of drug-likeness (QED) is 0.429. The molecule has 1 fully saturated rings. The zero-order chi connectivity index (χ0) is 25.2. The molecule has 1 aliphatic heterocycles. The van der Waals surface area contributed by atoms with Gasteiger partial charge in [-0.3, -0.25) is 0 Å². The van der Waals surface area contributed by atoms with Crippen LogP contribution < -0.4 is 10.6 Å². The highest BCUT2D eigenvalue weighted by atomic mass is 19.4. The van der Waals surface area contributed by atoms with Gasteiger partial charge in [-0.15, -0.1) is 15.3 Å². The molecule has 3 N–H and O–H groups in total. The Bertz CT molecular complexity index is 1180. The van der Waals surface area contributed by atoms with Crippen LogP contribution in [0.15, 0.2) is 24.3 Å². The molecule has 3 heterocycles. The molecule has 0 amide bonds. The van der Waals surface area contributed by atoms with Crippen molar-refractivity contribution >= 4 is 17.4 Å². The highest BCUT2D eigenvalue weighted by Gasteiger charge is 2.38. The highest BCUT2D eigenvalue weighted by molar-refractivity contribution is 5.73. The molecule has 2 atom stereocenters. The first-order chi connectivity index (χ1) is 15.9. The highest BCUT2D eigenvalue weighted by Crippen LogP contribution is 2.32. The van der Waals surface area contributed by atoms with Gasteiger partial charge in [0.15, 0.2) is 23.1 Å². The Labute approximate surface area is 189 Å². The van der Waals surface area contributed by atoms with Crippen LogP contribution in [0.5, 0.6) is 0 Å². The van der Waals surface area contributed by atoms with Crippen LogP contribution >= 0.6 is 0 Å². The maximum absolute atomic E-state index is 14.1. The minimum absolute atomic E-state index is 0.122. The van der Waals surface area contributed by atoms with E-state index in [1.165, 1.54) is 0 Å². The summed E-state index contributed by atoms with van der Waals surface area (Å²) in [6.07, 6.45) is -3.87. The van der Waals surface area contributed by atoms with Gasteiger partial charge in [0.2, 0.25) is 0 Å². The van der Waals surface area contributed by atoms with Crippen molar-refractivity contribution in [2.75, 3.05) is 18.0 Å². The third kappa shape index (κ3) is 5.38. The fraction of sp³-hybridized carbons (Fsp3) is 0.400. The standard InChI is InChI=1S/C18H19F3N6.C2HF3O2/c1-2-16-23-24-17-3-4-18(25-27(16)17)26-6-5-10(15(22)9-26)11-7-13(20)14(21)8-12(11)19;3-2(4,5)1(6)7/h3-4,7-8,10,15H,2,5-6,9,22H2,1H3;(H,6,7)/t10-,15+;/m1./s1. The molecule has 34 heavy (non-hydrogen) atoms. The van der Waals surface area contributed by atoms with Crippen LogP contribution in [0.1, 0.15) is 30.7 Å². The lowest BCUT2D eigenvalue weighted by Gasteiger charge is -2.37. The first-order valence-electron chi connectivity index (χ1n) is 10.1. The van der Waals surface area contributed by atoms with Crippen LogP contribution in [0.3, 0.4) is 0 Å². The lowest BCUT2D eigenvalue weighted by molar-refractivity contribution is -0.192. The fourth-order valence-corrected chi connectivity index (χ4v) is 3.61. The maximum atomic E-state index is 14.1. The summed E-state index contributed by atoms with van der Waals surface area (Å²) < 4.78 is 74.3. The number of piperidine rings is 1. The van der Waals surface area contributed by atoms with E-state index in [0.717, 1.165) is 17.7 Å². The van der Waals surface area contributed by atoms with Gasteiger partial charge in [0.1, 0.15) is 11.6 Å². The van der Waals surface area contributed by atoms with Crippen molar-refractivity contribution in [2.24, 2.45) is 5.73 Å². The third-order valence-corrected chi connectivity index (χ3v) is 5.29. The summed E-state index contributed by atoms with van der Waals surface area (Å²) >= 11 is 0. The number of carboxylic acids is 1. The third-order valence-electron chi connectivity index (χ3n) is 5.29. The summed E-state index contributed by atoms with van der Waals surface area (Å²) in [5.74, 6) is -4.69. The van der Waals surface area contributed by atoms with Crippen LogP contribution in [0.2, 0.25) is 0 Å². The number of halogens is 6. The summed E-state index contributed by atoms with van der Waals surface area (Å²) in [7, 11) is 0. The van der Waals surface area contributed by atoms with E-state index in [0.29, 0.717) is 37.6 Å². The Hall–Kier alpha value is -3.42. The number of benzene rings is 1. The molecule has 3 aromatic rings. The molecule has 0 spiro atoms. The zero-order valence-corrected chi connectivity index (χ0v) is 17.7. The zero-order valence-electron chi connectivity index (χ0n) is 17.7. The van der Waals surface area contributed by atoms with Crippen LogP contribution in [0, 0.1) is 17.5 Å². The molecule has 0 radical (unpaired) electrons. The lowest BCUT2D eigenvalue weighted by atomic mass is 9.85. The van der Waals surface area contributed by atoms with Crippen molar-refractivity contribution in [3.05, 3.63) is 53.1 Å². The predicted octanol–water partition coefficient (Wildman–Crippen LogP) is 3.06. The number of nitrogens with zero attached hydrogens (tertiary/aromatic N) is 5. The Morgan fingerprint density at radius 1 is 1.15 bits per heavy atom. The Morgan fingerprint density at radius 2 is 1.79 bits per heavy atom. The smallest absolute Gasteiger partial charge is 0.475 e. The van der Waals surface area contributed by atoms with Gasteiger partial charge in [0, 0.05) is 37.5 Å². The van der Waals surface area contributed by atoms with Crippen molar-refractivity contribution in [1.29, 1.82) is 0 Å². The first kappa shape index (κ1) is 25.2. The van der Waals surface area contributed by atoms with Crippen molar-refractivity contribution in [1.82, 2.24) is 19.8 Å². The van der Waals surface area contributed by atoms with E-state index in [-0.39, 0.29) is 11.5 Å². The van der Waals surface area contributed by atoms with Crippen molar-refractivity contribution in [3.8, 4) is 0 Å². The predicted molar refractivity (Wildman–Crippen MR) is 108 cm³/mol. The number of carbonyl (C=O) groups is 1. The fourth-order valence-electron chi connectivity index (χ4n) is 3.61. The van der Waals surface area contributed by atoms with Crippen LogP contribution in [-0.2, 0) is 11.2 Å². The minimum atomic E-state index is -5.08. The molecule has 0 unspecified atom stereocenters. The van der Waals surface area contributed by atoms with Gasteiger partial charge in [0.05, 0.1) is 0 Å². The number of alkyl halides is 3.